The minimum absolute atomic E-state index is 0.0862. The highest BCUT2D eigenvalue weighted by Gasteiger charge is 2.32. The summed E-state index contributed by atoms with van der Waals surface area (Å²) in [4.78, 5) is 39.9. The van der Waals surface area contributed by atoms with E-state index in [4.69, 9.17) is 9.47 Å². The monoisotopic (exact) mass is 546 g/mol. The Kier molecular flexibility index (Phi) is 8.87. The molecular weight excluding hydrogens is 511 g/mol. The molecule has 8 heteroatoms. The summed E-state index contributed by atoms with van der Waals surface area (Å²) in [5, 5.41) is 2.67. The maximum Gasteiger partial charge on any atom is 0.407 e. The maximum absolute atomic E-state index is 13.5. The molecular formula is C32H35FN2O5. The maximum atomic E-state index is 13.5. The first-order valence-electron chi connectivity index (χ1n) is 13.3. The largest absolute Gasteiger partial charge is 0.459 e. The third kappa shape index (κ3) is 7.25. The van der Waals surface area contributed by atoms with E-state index in [0.717, 1.165) is 23.1 Å². The number of likely N-dealkylation sites (N-methyl/N-ethyl adjacent to an activating group) is 1. The molecule has 0 spiro atoms. The number of amides is 2. The molecule has 1 N–H and O–H groups in total. The molecule has 2 aliphatic carbocycles. The van der Waals surface area contributed by atoms with Crippen LogP contribution in [0.15, 0.2) is 78.4 Å². The van der Waals surface area contributed by atoms with Gasteiger partial charge in [-0.25, -0.2) is 9.18 Å². The van der Waals surface area contributed by atoms with Gasteiger partial charge in [-0.1, -0.05) is 60.7 Å². The fourth-order valence-electron chi connectivity index (χ4n) is 4.97. The predicted octanol–water partition coefficient (Wildman–Crippen LogP) is 5.33. The normalized spacial score (nSPS) is 16.5. The second-order valence-electron chi connectivity index (χ2n) is 11.0. The number of nitrogens with one attached hydrogen (secondary N) is 1. The van der Waals surface area contributed by atoms with E-state index in [-0.39, 0.29) is 25.5 Å². The van der Waals surface area contributed by atoms with Crippen molar-refractivity contribution in [1.82, 2.24) is 10.2 Å². The van der Waals surface area contributed by atoms with Gasteiger partial charge in [0.2, 0.25) is 5.91 Å². The number of ether oxygens (including phenoxy) is 2. The number of esters is 1. The van der Waals surface area contributed by atoms with Crippen molar-refractivity contribution in [2.24, 2.45) is 0 Å². The number of halogens is 1. The van der Waals surface area contributed by atoms with Crippen LogP contribution in [-0.4, -0.2) is 54.7 Å². The number of hydrogen-bond donors (Lipinski definition) is 1. The quantitative estimate of drug-likeness (QED) is 0.453. The standard InChI is InChI=1S/C32H35FN2O5/c1-32(2,3)40-29(36)19-35(4)30(37)28(18-21-14-16-22(33)17-15-21)34-31(38)39-20-27-25-11-7-5-6-10-23(25)24-12-8-9-13-26(24)27/h5-9,11-17,27-28H,10,18-20H2,1-4H3,(H,34,38)/t27?,28-/m0/s1. The summed E-state index contributed by atoms with van der Waals surface area (Å²) >= 11 is 0. The molecule has 2 amide bonds. The van der Waals surface area contributed by atoms with Crippen LogP contribution in [0.2, 0.25) is 0 Å². The topological polar surface area (TPSA) is 84.9 Å². The molecule has 0 saturated carbocycles. The summed E-state index contributed by atoms with van der Waals surface area (Å²) in [6.45, 7) is 5.03. The van der Waals surface area contributed by atoms with Gasteiger partial charge in [0.25, 0.3) is 0 Å². The van der Waals surface area contributed by atoms with Crippen LogP contribution < -0.4 is 5.32 Å². The number of alkyl carbamates (subject to hydrolysis) is 1. The Morgan fingerprint density at radius 2 is 1.80 bits per heavy atom. The van der Waals surface area contributed by atoms with E-state index < -0.39 is 35.4 Å². The molecule has 0 fully saturated rings. The summed E-state index contributed by atoms with van der Waals surface area (Å²) in [6, 6.07) is 12.7. The number of fused-ring (bicyclic) bond motifs is 2. The lowest BCUT2D eigenvalue weighted by atomic mass is 9.96. The van der Waals surface area contributed by atoms with Gasteiger partial charge in [0.15, 0.2) is 0 Å². The lowest BCUT2D eigenvalue weighted by Crippen LogP contribution is -2.50. The summed E-state index contributed by atoms with van der Waals surface area (Å²) in [6.07, 6.45) is 8.27. The van der Waals surface area contributed by atoms with E-state index in [9.17, 15) is 18.8 Å². The second kappa shape index (κ2) is 12.3. The molecule has 0 heterocycles. The van der Waals surface area contributed by atoms with Crippen LogP contribution in [0, 0.1) is 5.82 Å². The highest BCUT2D eigenvalue weighted by atomic mass is 19.1. The number of carbonyl (C=O) groups excluding carboxylic acids is 3. The lowest BCUT2D eigenvalue weighted by molar-refractivity contribution is -0.158. The van der Waals surface area contributed by atoms with Crippen molar-refractivity contribution in [1.29, 1.82) is 0 Å². The molecule has 0 saturated heterocycles. The molecule has 2 aliphatic rings. The van der Waals surface area contributed by atoms with Crippen molar-refractivity contribution in [3.63, 3.8) is 0 Å². The van der Waals surface area contributed by atoms with Crippen molar-refractivity contribution >= 4 is 23.5 Å². The Labute approximate surface area is 234 Å². The Morgan fingerprint density at radius 3 is 2.52 bits per heavy atom. The van der Waals surface area contributed by atoms with Crippen molar-refractivity contribution in [2.75, 3.05) is 20.2 Å². The van der Waals surface area contributed by atoms with E-state index in [2.05, 4.69) is 23.5 Å². The Bertz CT molecular complexity index is 1350. The first kappa shape index (κ1) is 28.8. The van der Waals surface area contributed by atoms with E-state index in [0.29, 0.717) is 5.56 Å². The van der Waals surface area contributed by atoms with E-state index >= 15 is 0 Å². The Morgan fingerprint density at radius 1 is 1.07 bits per heavy atom. The third-order valence-corrected chi connectivity index (χ3v) is 6.72. The number of hydrogen-bond acceptors (Lipinski definition) is 5. The summed E-state index contributed by atoms with van der Waals surface area (Å²) in [7, 11) is 1.47. The van der Waals surface area contributed by atoms with E-state index in [1.54, 1.807) is 32.9 Å². The minimum Gasteiger partial charge on any atom is -0.459 e. The fraction of sp³-hybridized carbons (Fsp3) is 0.344. The number of rotatable bonds is 8. The molecule has 40 heavy (non-hydrogen) atoms. The SMILES string of the molecule is CN(CC(=O)OC(C)(C)C)C(=O)[C@H](Cc1ccc(F)cc1)NC(=O)OCC1C2=C(CC=CC=C2)c2ccccc21. The zero-order valence-corrected chi connectivity index (χ0v) is 23.3. The molecule has 4 rings (SSSR count). The van der Waals surface area contributed by atoms with Gasteiger partial charge in [-0.05, 0) is 67.2 Å². The van der Waals surface area contributed by atoms with Crippen molar-refractivity contribution in [3.05, 3.63) is 101 Å². The van der Waals surface area contributed by atoms with Crippen molar-refractivity contribution in [2.45, 2.75) is 51.2 Å². The summed E-state index contributed by atoms with van der Waals surface area (Å²) in [5.74, 6) is -1.61. The van der Waals surface area contributed by atoms with Gasteiger partial charge in [0.05, 0.1) is 0 Å². The van der Waals surface area contributed by atoms with E-state index in [1.807, 2.05) is 30.4 Å². The van der Waals surface area contributed by atoms with Gasteiger partial charge in [-0.15, -0.1) is 0 Å². The molecule has 7 nitrogen and oxygen atoms in total. The highest BCUT2D eigenvalue weighted by Crippen LogP contribution is 2.45. The van der Waals surface area contributed by atoms with E-state index in [1.165, 1.54) is 29.7 Å². The number of nitrogens with zero attached hydrogens (tertiary/aromatic N) is 1. The smallest absolute Gasteiger partial charge is 0.407 e. The third-order valence-electron chi connectivity index (χ3n) is 6.72. The summed E-state index contributed by atoms with van der Waals surface area (Å²) in [5.41, 5.74) is 4.50. The molecule has 2 atom stereocenters. The zero-order valence-electron chi connectivity index (χ0n) is 23.3. The summed E-state index contributed by atoms with van der Waals surface area (Å²) < 4.78 is 24.5. The number of allylic oxidation sites excluding steroid dienone is 5. The van der Waals surface area contributed by atoms with Crippen LogP contribution in [0.25, 0.3) is 5.57 Å². The van der Waals surface area contributed by atoms with Gasteiger partial charge in [0.1, 0.15) is 30.6 Å². The average molecular weight is 547 g/mol. The van der Waals surface area contributed by atoms with Crippen LogP contribution in [0.5, 0.6) is 0 Å². The number of benzene rings is 2. The van der Waals surface area contributed by atoms with Crippen LogP contribution >= 0.6 is 0 Å². The molecule has 210 valence electrons. The zero-order chi connectivity index (χ0) is 28.9. The Hall–Kier alpha value is -4.20. The molecule has 0 bridgehead atoms. The molecule has 1 unspecified atom stereocenters. The van der Waals surface area contributed by atoms with Crippen LogP contribution in [0.3, 0.4) is 0 Å². The van der Waals surface area contributed by atoms with Crippen LogP contribution in [0.1, 0.15) is 49.8 Å². The first-order chi connectivity index (χ1) is 19.0. The molecule has 2 aromatic rings. The van der Waals surface area contributed by atoms with Crippen LogP contribution in [-0.2, 0) is 25.5 Å². The molecule has 2 aromatic carbocycles. The lowest BCUT2D eigenvalue weighted by Gasteiger charge is -2.26. The second-order valence-corrected chi connectivity index (χ2v) is 11.0. The van der Waals surface area contributed by atoms with Gasteiger partial charge < -0.3 is 19.7 Å². The number of carbonyl (C=O) groups is 3. The predicted molar refractivity (Wildman–Crippen MR) is 151 cm³/mol. The fourth-order valence-corrected chi connectivity index (χ4v) is 4.97. The highest BCUT2D eigenvalue weighted by molar-refractivity contribution is 5.88. The van der Waals surface area contributed by atoms with Crippen molar-refractivity contribution < 1.29 is 28.2 Å². The molecule has 0 aliphatic heterocycles. The van der Waals surface area contributed by atoms with Gasteiger partial charge in [-0.2, -0.15) is 0 Å². The Balaban J connectivity index is 1.46. The minimum atomic E-state index is -1.04. The van der Waals surface area contributed by atoms with Crippen LogP contribution in [0.4, 0.5) is 9.18 Å². The van der Waals surface area contributed by atoms with Gasteiger partial charge in [-0.3, -0.25) is 9.59 Å². The average Bonchev–Trinajstić information content (AvgIpc) is 3.01. The van der Waals surface area contributed by atoms with Gasteiger partial charge in [0, 0.05) is 19.4 Å². The van der Waals surface area contributed by atoms with Gasteiger partial charge >= 0.3 is 12.1 Å². The molecule has 0 radical (unpaired) electrons. The first-order valence-corrected chi connectivity index (χ1v) is 13.3. The molecule has 0 aromatic heterocycles. The van der Waals surface area contributed by atoms with Crippen molar-refractivity contribution in [3.8, 4) is 0 Å².